The van der Waals surface area contributed by atoms with Crippen LogP contribution in [0.25, 0.3) is 0 Å². The number of halogens is 3. The van der Waals surface area contributed by atoms with Crippen LogP contribution in [0, 0.1) is 0 Å². The molecule has 1 N–H and O–H groups in total. The molecule has 0 aliphatic heterocycles. The number of hydrogen-bond acceptors (Lipinski definition) is 3. The Bertz CT molecular complexity index is 812. The molecule has 0 saturated carbocycles. The second-order valence-corrected chi connectivity index (χ2v) is 5.70. The van der Waals surface area contributed by atoms with Gasteiger partial charge in [-0.3, -0.25) is 13.9 Å². The lowest BCUT2D eigenvalue weighted by Crippen LogP contribution is -2.38. The average molecular weight is 349 g/mol. The Kier molecular flexibility index (Phi) is 4.66. The molecule has 0 spiro atoms. The summed E-state index contributed by atoms with van der Waals surface area (Å²) in [5, 5.41) is 4.15. The van der Waals surface area contributed by atoms with E-state index in [1.165, 1.54) is 23.7 Å². The van der Waals surface area contributed by atoms with Crippen LogP contribution in [0.5, 0.6) is 0 Å². The van der Waals surface area contributed by atoms with Gasteiger partial charge in [0.25, 0.3) is 5.56 Å². The molecule has 0 atom stereocenters. The summed E-state index contributed by atoms with van der Waals surface area (Å²) in [5.74, 6) is 0. The molecular formula is C13H12Cl3N3O2. The van der Waals surface area contributed by atoms with Gasteiger partial charge in [0.15, 0.2) is 0 Å². The van der Waals surface area contributed by atoms with Crippen molar-refractivity contribution >= 4 is 40.5 Å². The molecule has 1 heterocycles. The SMILES string of the molecule is Cn1c(CNc2cc(Cl)c(Cl)cc2Cl)cc(=O)n(C)c1=O. The standard InChI is InChI=1S/C13H12Cl3N3O2/c1-18-7(3-12(20)19(2)13(18)21)6-17-11-5-9(15)8(14)4-10(11)16/h3-5,17H,6H2,1-2H3. The van der Waals surface area contributed by atoms with E-state index in [9.17, 15) is 9.59 Å². The van der Waals surface area contributed by atoms with Crippen molar-refractivity contribution in [1.29, 1.82) is 0 Å². The molecule has 0 aliphatic carbocycles. The van der Waals surface area contributed by atoms with E-state index >= 15 is 0 Å². The molecule has 1 aromatic carbocycles. The highest BCUT2D eigenvalue weighted by molar-refractivity contribution is 6.44. The van der Waals surface area contributed by atoms with Crippen molar-refractivity contribution in [2.24, 2.45) is 14.1 Å². The third kappa shape index (κ3) is 3.26. The first kappa shape index (κ1) is 15.9. The molecule has 0 bridgehead atoms. The van der Waals surface area contributed by atoms with Crippen LogP contribution < -0.4 is 16.6 Å². The first-order valence-corrected chi connectivity index (χ1v) is 7.09. The fourth-order valence-electron chi connectivity index (χ4n) is 1.79. The molecule has 8 heteroatoms. The van der Waals surface area contributed by atoms with Crippen molar-refractivity contribution in [2.45, 2.75) is 6.54 Å². The molecule has 0 amide bonds. The van der Waals surface area contributed by atoms with Crippen molar-refractivity contribution in [1.82, 2.24) is 9.13 Å². The molecule has 0 fully saturated rings. The Labute approximate surface area is 135 Å². The fourth-order valence-corrected chi connectivity index (χ4v) is 2.41. The number of hydrogen-bond donors (Lipinski definition) is 1. The molecule has 21 heavy (non-hydrogen) atoms. The summed E-state index contributed by atoms with van der Waals surface area (Å²) in [6, 6.07) is 4.50. The highest BCUT2D eigenvalue weighted by Crippen LogP contribution is 2.32. The first-order valence-electron chi connectivity index (χ1n) is 5.95. The van der Waals surface area contributed by atoms with Crippen molar-refractivity contribution in [3.63, 3.8) is 0 Å². The van der Waals surface area contributed by atoms with E-state index in [-0.39, 0.29) is 17.8 Å². The van der Waals surface area contributed by atoms with E-state index in [2.05, 4.69) is 5.32 Å². The Balaban J connectivity index is 2.31. The van der Waals surface area contributed by atoms with Gasteiger partial charge in [0.1, 0.15) is 0 Å². The lowest BCUT2D eigenvalue weighted by atomic mass is 10.3. The number of nitrogens with zero attached hydrogens (tertiary/aromatic N) is 2. The molecule has 2 rings (SSSR count). The molecule has 0 unspecified atom stereocenters. The maximum Gasteiger partial charge on any atom is 0.330 e. The molecule has 0 saturated heterocycles. The summed E-state index contributed by atoms with van der Waals surface area (Å²) < 4.78 is 2.43. The lowest BCUT2D eigenvalue weighted by Gasteiger charge is -2.13. The second kappa shape index (κ2) is 6.13. The van der Waals surface area contributed by atoms with E-state index in [1.807, 2.05) is 0 Å². The smallest absolute Gasteiger partial charge is 0.330 e. The van der Waals surface area contributed by atoms with Crippen molar-refractivity contribution in [2.75, 3.05) is 5.32 Å². The van der Waals surface area contributed by atoms with Crippen LogP contribution in [-0.4, -0.2) is 9.13 Å². The molecule has 5 nitrogen and oxygen atoms in total. The predicted molar refractivity (Wildman–Crippen MR) is 85.7 cm³/mol. The Morgan fingerprint density at radius 2 is 1.57 bits per heavy atom. The Morgan fingerprint density at radius 1 is 0.952 bits per heavy atom. The van der Waals surface area contributed by atoms with Crippen LogP contribution in [0.3, 0.4) is 0 Å². The molecule has 2 aromatic rings. The van der Waals surface area contributed by atoms with Gasteiger partial charge in [0, 0.05) is 25.9 Å². The van der Waals surface area contributed by atoms with Crippen LogP contribution in [-0.2, 0) is 20.6 Å². The number of rotatable bonds is 3. The lowest BCUT2D eigenvalue weighted by molar-refractivity contribution is 0.655. The van der Waals surface area contributed by atoms with Gasteiger partial charge in [0.05, 0.1) is 27.3 Å². The number of anilines is 1. The van der Waals surface area contributed by atoms with Gasteiger partial charge in [-0.15, -0.1) is 0 Å². The fraction of sp³-hybridized carbons (Fsp3) is 0.231. The van der Waals surface area contributed by atoms with Crippen LogP contribution in [0.1, 0.15) is 5.69 Å². The number of nitrogens with one attached hydrogen (secondary N) is 1. The van der Waals surface area contributed by atoms with Gasteiger partial charge in [-0.25, -0.2) is 4.79 Å². The predicted octanol–water partition coefficient (Wildman–Crippen LogP) is 2.66. The van der Waals surface area contributed by atoms with Crippen molar-refractivity contribution in [3.8, 4) is 0 Å². The maximum absolute atomic E-state index is 11.8. The second-order valence-electron chi connectivity index (χ2n) is 4.47. The highest BCUT2D eigenvalue weighted by atomic mass is 35.5. The van der Waals surface area contributed by atoms with Gasteiger partial charge in [-0.2, -0.15) is 0 Å². The minimum atomic E-state index is -0.389. The van der Waals surface area contributed by atoms with Gasteiger partial charge in [0.2, 0.25) is 0 Å². The molecule has 0 aliphatic rings. The first-order chi connectivity index (χ1) is 9.81. The van der Waals surface area contributed by atoms with Gasteiger partial charge >= 0.3 is 5.69 Å². The molecule has 0 radical (unpaired) electrons. The number of benzene rings is 1. The molecule has 112 valence electrons. The van der Waals surface area contributed by atoms with E-state index < -0.39 is 0 Å². The van der Waals surface area contributed by atoms with Gasteiger partial charge in [-0.1, -0.05) is 34.8 Å². The zero-order chi connectivity index (χ0) is 15.7. The van der Waals surface area contributed by atoms with Gasteiger partial charge in [-0.05, 0) is 12.1 Å². The van der Waals surface area contributed by atoms with Gasteiger partial charge < -0.3 is 5.32 Å². The van der Waals surface area contributed by atoms with Crippen LogP contribution >= 0.6 is 34.8 Å². The third-order valence-corrected chi connectivity index (χ3v) is 4.13. The summed E-state index contributed by atoms with van der Waals surface area (Å²) in [6.07, 6.45) is 0. The zero-order valence-corrected chi connectivity index (χ0v) is 13.6. The quantitative estimate of drug-likeness (QED) is 0.868. The monoisotopic (exact) mass is 347 g/mol. The Morgan fingerprint density at radius 3 is 2.24 bits per heavy atom. The largest absolute Gasteiger partial charge is 0.378 e. The summed E-state index contributed by atoms with van der Waals surface area (Å²) in [7, 11) is 3.02. The molecular weight excluding hydrogens is 337 g/mol. The maximum atomic E-state index is 11.8. The number of aromatic nitrogens is 2. The minimum absolute atomic E-state index is 0.250. The van der Waals surface area contributed by atoms with Crippen molar-refractivity contribution < 1.29 is 0 Å². The topological polar surface area (TPSA) is 56.0 Å². The summed E-state index contributed by atoms with van der Waals surface area (Å²) in [5.41, 5.74) is 0.346. The minimum Gasteiger partial charge on any atom is -0.378 e. The highest BCUT2D eigenvalue weighted by Gasteiger charge is 2.09. The summed E-state index contributed by atoms with van der Waals surface area (Å²) >= 11 is 17.8. The van der Waals surface area contributed by atoms with Crippen molar-refractivity contribution in [3.05, 3.63) is 59.8 Å². The van der Waals surface area contributed by atoms with Crippen LogP contribution in [0.2, 0.25) is 15.1 Å². The van der Waals surface area contributed by atoms with E-state index in [0.29, 0.717) is 26.4 Å². The third-order valence-electron chi connectivity index (χ3n) is 3.10. The van der Waals surface area contributed by atoms with Crippen LogP contribution in [0.15, 0.2) is 27.8 Å². The van der Waals surface area contributed by atoms with Crippen LogP contribution in [0.4, 0.5) is 5.69 Å². The van der Waals surface area contributed by atoms with E-state index in [1.54, 1.807) is 13.1 Å². The summed E-state index contributed by atoms with van der Waals surface area (Å²) in [6.45, 7) is 0.250. The Hall–Kier alpha value is -1.43. The average Bonchev–Trinajstić information content (AvgIpc) is 2.44. The van der Waals surface area contributed by atoms with E-state index in [0.717, 1.165) is 4.57 Å². The molecule has 1 aromatic heterocycles. The van der Waals surface area contributed by atoms with E-state index in [4.69, 9.17) is 34.8 Å². The zero-order valence-electron chi connectivity index (χ0n) is 11.3. The summed E-state index contributed by atoms with van der Waals surface area (Å²) in [4.78, 5) is 23.5. The normalized spacial score (nSPS) is 10.7.